The summed E-state index contributed by atoms with van der Waals surface area (Å²) in [6.45, 7) is 0.654. The molecule has 2 N–H and O–H groups in total. The Kier molecular flexibility index (Phi) is 8.09. The van der Waals surface area contributed by atoms with E-state index in [4.69, 9.17) is 5.73 Å². The van der Waals surface area contributed by atoms with E-state index in [-0.39, 0.29) is 4.75 Å². The molecule has 0 aromatic heterocycles. The number of nitrogens with two attached hydrogens (primary N) is 1. The van der Waals surface area contributed by atoms with Gasteiger partial charge in [0, 0.05) is 18.6 Å². The molecule has 0 radical (unpaired) electrons. The van der Waals surface area contributed by atoms with Gasteiger partial charge >= 0.3 is 0 Å². The molecule has 0 fully saturated rings. The highest BCUT2D eigenvalue weighted by Crippen LogP contribution is 2.48. The van der Waals surface area contributed by atoms with Crippen LogP contribution in [-0.4, -0.2) is 18.1 Å². The Bertz CT molecular complexity index is 768. The van der Waals surface area contributed by atoms with Gasteiger partial charge < -0.3 is 5.73 Å². The lowest BCUT2D eigenvalue weighted by atomic mass is 9.84. The minimum absolute atomic E-state index is 0.328. The zero-order chi connectivity index (χ0) is 20.4. The molecule has 0 heterocycles. The highest BCUT2D eigenvalue weighted by molar-refractivity contribution is 8.00. The Hall–Kier alpha value is -2.36. The summed E-state index contributed by atoms with van der Waals surface area (Å²) in [5.74, 6) is 1.11. The third-order valence-electron chi connectivity index (χ3n) is 5.15. The zero-order valence-corrected chi connectivity index (χ0v) is 17.6. The van der Waals surface area contributed by atoms with E-state index in [1.165, 1.54) is 16.7 Å². The van der Waals surface area contributed by atoms with E-state index in [2.05, 4.69) is 91.0 Å². The van der Waals surface area contributed by atoms with Crippen LogP contribution in [0.2, 0.25) is 0 Å². The Morgan fingerprint density at radius 2 is 1.14 bits per heavy atom. The molecule has 0 aliphatic heterocycles. The lowest BCUT2D eigenvalue weighted by Gasteiger charge is -2.35. The highest BCUT2D eigenvalue weighted by atomic mass is 32.2. The topological polar surface area (TPSA) is 43.1 Å². The van der Waals surface area contributed by atoms with Crippen LogP contribution in [0.25, 0.3) is 0 Å². The summed E-state index contributed by atoms with van der Waals surface area (Å²) in [7, 11) is 0. The van der Waals surface area contributed by atoms with Crippen molar-refractivity contribution in [2.24, 2.45) is 5.73 Å². The van der Waals surface area contributed by atoms with Gasteiger partial charge in [-0.25, -0.2) is 0 Å². The van der Waals surface area contributed by atoms with E-state index < -0.39 is 0 Å². The molecule has 0 amide bonds. The van der Waals surface area contributed by atoms with Crippen molar-refractivity contribution in [3.8, 4) is 0 Å². The first kappa shape index (κ1) is 21.4. The second-order valence-electron chi connectivity index (χ2n) is 7.16. The van der Waals surface area contributed by atoms with Crippen molar-refractivity contribution in [1.82, 2.24) is 0 Å². The number of hydrogen-bond acceptors (Lipinski definition) is 3. The van der Waals surface area contributed by atoms with Crippen molar-refractivity contribution in [3.05, 3.63) is 108 Å². The van der Waals surface area contributed by atoms with Crippen LogP contribution in [0.4, 0.5) is 0 Å². The predicted octanol–water partition coefficient (Wildman–Crippen LogP) is 5.80. The Labute approximate surface area is 178 Å². The molecule has 0 aliphatic carbocycles. The van der Waals surface area contributed by atoms with Crippen molar-refractivity contribution in [3.63, 3.8) is 0 Å². The molecule has 0 spiro atoms. The highest BCUT2D eigenvalue weighted by Gasteiger charge is 2.36. The van der Waals surface area contributed by atoms with Crippen molar-refractivity contribution < 1.29 is 4.79 Å². The van der Waals surface area contributed by atoms with Crippen LogP contribution in [0.5, 0.6) is 0 Å². The molecule has 0 atom stereocenters. The number of hydrogen-bond donors (Lipinski definition) is 1. The first-order valence-electron chi connectivity index (χ1n) is 10.3. The van der Waals surface area contributed by atoms with Gasteiger partial charge in [-0.15, -0.1) is 11.8 Å². The molecule has 0 saturated carbocycles. The van der Waals surface area contributed by atoms with E-state index in [1.807, 2.05) is 11.8 Å². The molecule has 3 rings (SSSR count). The van der Waals surface area contributed by atoms with Crippen molar-refractivity contribution in [1.29, 1.82) is 0 Å². The van der Waals surface area contributed by atoms with Crippen LogP contribution in [0.3, 0.4) is 0 Å². The number of rotatable bonds is 11. The molecule has 3 aromatic carbocycles. The summed E-state index contributed by atoms with van der Waals surface area (Å²) in [5.41, 5.74) is 9.25. The van der Waals surface area contributed by atoms with Crippen LogP contribution >= 0.6 is 11.8 Å². The van der Waals surface area contributed by atoms with E-state index in [1.54, 1.807) is 0 Å². The second kappa shape index (κ2) is 11.0. The number of Topliss-reactive ketones (excluding diaryl/α,β-unsaturated/α-hetero) is 1. The van der Waals surface area contributed by atoms with Gasteiger partial charge in [-0.1, -0.05) is 91.0 Å². The Morgan fingerprint density at radius 3 is 1.55 bits per heavy atom. The molecular weight excluding hydrogens is 374 g/mol. The third kappa shape index (κ3) is 5.37. The van der Waals surface area contributed by atoms with Gasteiger partial charge in [-0.3, -0.25) is 4.79 Å². The maximum absolute atomic E-state index is 12.4. The van der Waals surface area contributed by atoms with E-state index in [9.17, 15) is 4.79 Å². The minimum atomic E-state index is -0.346. The normalized spacial score (nSPS) is 11.3. The number of carbonyl (C=O) groups is 1. The SMILES string of the molecule is NCCCCC(=O)CCSC(c1ccccc1)(c1ccccc1)c1ccccc1. The van der Waals surface area contributed by atoms with Gasteiger partial charge in [-0.05, 0) is 36.1 Å². The average Bonchev–Trinajstić information content (AvgIpc) is 2.79. The predicted molar refractivity (Wildman–Crippen MR) is 124 cm³/mol. The number of carbonyl (C=O) groups excluding carboxylic acids is 1. The lowest BCUT2D eigenvalue weighted by molar-refractivity contribution is -0.118. The summed E-state index contributed by atoms with van der Waals surface area (Å²) < 4.78 is -0.346. The lowest BCUT2D eigenvalue weighted by Crippen LogP contribution is -2.26. The largest absolute Gasteiger partial charge is 0.330 e. The first-order valence-corrected chi connectivity index (χ1v) is 11.3. The fourth-order valence-electron chi connectivity index (χ4n) is 3.68. The van der Waals surface area contributed by atoms with Crippen molar-refractivity contribution in [2.45, 2.75) is 30.4 Å². The van der Waals surface area contributed by atoms with Crippen LogP contribution in [-0.2, 0) is 9.54 Å². The monoisotopic (exact) mass is 403 g/mol. The Morgan fingerprint density at radius 1 is 0.690 bits per heavy atom. The molecule has 29 heavy (non-hydrogen) atoms. The fourth-order valence-corrected chi connectivity index (χ4v) is 5.22. The maximum atomic E-state index is 12.4. The fraction of sp³-hybridized carbons (Fsp3) is 0.269. The summed E-state index contributed by atoms with van der Waals surface area (Å²) in [6.07, 6.45) is 3.03. The molecule has 0 aliphatic rings. The van der Waals surface area contributed by atoms with E-state index in [0.29, 0.717) is 25.2 Å². The van der Waals surface area contributed by atoms with Crippen LogP contribution in [0.15, 0.2) is 91.0 Å². The third-order valence-corrected chi connectivity index (χ3v) is 6.70. The molecular formula is C26H29NOS. The Balaban J connectivity index is 1.94. The zero-order valence-electron chi connectivity index (χ0n) is 16.8. The van der Waals surface area contributed by atoms with Gasteiger partial charge in [0.15, 0.2) is 0 Å². The minimum Gasteiger partial charge on any atom is -0.330 e. The summed E-state index contributed by atoms with van der Waals surface area (Å²) in [4.78, 5) is 12.4. The van der Waals surface area contributed by atoms with E-state index >= 15 is 0 Å². The number of ketones is 1. The van der Waals surface area contributed by atoms with Crippen LogP contribution in [0.1, 0.15) is 42.4 Å². The maximum Gasteiger partial charge on any atom is 0.133 e. The quantitative estimate of drug-likeness (QED) is 0.325. The van der Waals surface area contributed by atoms with Gasteiger partial charge in [0.25, 0.3) is 0 Å². The summed E-state index contributed by atoms with van der Waals surface area (Å²) >= 11 is 1.85. The number of thioether (sulfide) groups is 1. The molecule has 150 valence electrons. The first-order chi connectivity index (χ1) is 14.3. The second-order valence-corrected chi connectivity index (χ2v) is 8.47. The average molecular weight is 404 g/mol. The summed E-state index contributed by atoms with van der Waals surface area (Å²) in [5, 5.41) is 0. The van der Waals surface area contributed by atoms with Crippen molar-refractivity contribution in [2.75, 3.05) is 12.3 Å². The molecule has 0 bridgehead atoms. The molecule has 2 nitrogen and oxygen atoms in total. The number of unbranched alkanes of at least 4 members (excludes halogenated alkanes) is 1. The standard InChI is InChI=1S/C26H29NOS/c27-20-11-10-18-25(28)19-21-29-26(22-12-4-1-5-13-22,23-14-6-2-7-15-23)24-16-8-3-9-17-24/h1-9,12-17H,10-11,18-21,27H2. The molecule has 0 unspecified atom stereocenters. The van der Waals surface area contributed by atoms with Crippen LogP contribution in [0, 0.1) is 0 Å². The van der Waals surface area contributed by atoms with Gasteiger partial charge in [0.05, 0.1) is 4.75 Å². The molecule has 3 heteroatoms. The molecule has 3 aromatic rings. The van der Waals surface area contributed by atoms with Crippen molar-refractivity contribution >= 4 is 17.5 Å². The summed E-state index contributed by atoms with van der Waals surface area (Å²) in [6, 6.07) is 31.8. The molecule has 0 saturated heterocycles. The number of benzene rings is 3. The van der Waals surface area contributed by atoms with Gasteiger partial charge in [0.2, 0.25) is 0 Å². The van der Waals surface area contributed by atoms with Gasteiger partial charge in [-0.2, -0.15) is 0 Å². The van der Waals surface area contributed by atoms with Gasteiger partial charge in [0.1, 0.15) is 5.78 Å². The van der Waals surface area contributed by atoms with E-state index in [0.717, 1.165) is 18.6 Å². The smallest absolute Gasteiger partial charge is 0.133 e. The van der Waals surface area contributed by atoms with Crippen LogP contribution < -0.4 is 5.73 Å².